The molecule has 1 atom stereocenters. The van der Waals surface area contributed by atoms with Crippen molar-refractivity contribution in [1.29, 1.82) is 0 Å². The minimum absolute atomic E-state index is 0.278. The molecule has 0 aromatic heterocycles. The van der Waals surface area contributed by atoms with Crippen LogP contribution >= 0.6 is 0 Å². The fourth-order valence-corrected chi connectivity index (χ4v) is 4.60. The van der Waals surface area contributed by atoms with Crippen LogP contribution in [0.1, 0.15) is 36.6 Å². The normalized spacial score (nSPS) is 19.0. The van der Waals surface area contributed by atoms with Crippen molar-refractivity contribution in [2.24, 2.45) is 0 Å². The predicted octanol–water partition coefficient (Wildman–Crippen LogP) is 3.55. The van der Waals surface area contributed by atoms with Crippen molar-refractivity contribution in [3.8, 4) is 0 Å². The predicted molar refractivity (Wildman–Crippen MR) is 134 cm³/mol. The van der Waals surface area contributed by atoms with Gasteiger partial charge in [0.1, 0.15) is 0 Å². The molecule has 2 aromatic rings. The largest absolute Gasteiger partial charge is 0.463 e. The third kappa shape index (κ3) is 5.42. The fraction of sp³-hybridized carbons (Fsp3) is 0.407. The molecule has 4 rings (SSSR count). The van der Waals surface area contributed by atoms with Crippen molar-refractivity contribution in [2.45, 2.75) is 33.2 Å². The first-order chi connectivity index (χ1) is 16.5. The van der Waals surface area contributed by atoms with Crippen molar-refractivity contribution >= 4 is 17.7 Å². The Morgan fingerprint density at radius 2 is 1.79 bits per heavy atom. The van der Waals surface area contributed by atoms with Crippen LogP contribution in [-0.4, -0.2) is 56.2 Å². The Balaban J connectivity index is 1.55. The molecule has 0 spiro atoms. The second-order valence-corrected chi connectivity index (χ2v) is 8.84. The van der Waals surface area contributed by atoms with Gasteiger partial charge in [0.2, 0.25) is 0 Å². The number of hydrogen-bond acceptors (Lipinski definition) is 5. The molecule has 2 aliphatic heterocycles. The summed E-state index contributed by atoms with van der Waals surface area (Å²) in [6, 6.07) is 15.7. The van der Waals surface area contributed by atoms with Gasteiger partial charge in [-0.25, -0.2) is 9.59 Å². The second-order valence-electron chi connectivity index (χ2n) is 8.84. The number of nitrogens with one attached hydrogen (secondary N) is 2. The van der Waals surface area contributed by atoms with Gasteiger partial charge in [-0.15, -0.1) is 0 Å². The summed E-state index contributed by atoms with van der Waals surface area (Å²) in [5.41, 5.74) is 5.66. The van der Waals surface area contributed by atoms with Gasteiger partial charge in [-0.1, -0.05) is 43.3 Å². The highest BCUT2D eigenvalue weighted by Gasteiger charge is 2.34. The average molecular weight is 463 g/mol. The smallest absolute Gasteiger partial charge is 0.338 e. The molecule has 0 bridgehead atoms. The highest BCUT2D eigenvalue weighted by Crippen LogP contribution is 2.29. The number of urea groups is 1. The van der Waals surface area contributed by atoms with E-state index in [1.54, 1.807) is 6.92 Å². The van der Waals surface area contributed by atoms with Crippen LogP contribution in [0.25, 0.3) is 0 Å². The number of esters is 1. The molecule has 1 fully saturated rings. The summed E-state index contributed by atoms with van der Waals surface area (Å²) in [5.74, 6) is -0.395. The number of ether oxygens (including phenoxy) is 1. The summed E-state index contributed by atoms with van der Waals surface area (Å²) in [7, 11) is 0. The number of amides is 2. The molecule has 0 radical (unpaired) electrons. The molecular weight excluding hydrogens is 428 g/mol. The van der Waals surface area contributed by atoms with E-state index in [4.69, 9.17) is 4.74 Å². The average Bonchev–Trinajstić information content (AvgIpc) is 2.84. The van der Waals surface area contributed by atoms with Gasteiger partial charge >= 0.3 is 12.0 Å². The number of rotatable bonds is 7. The van der Waals surface area contributed by atoms with Crippen LogP contribution < -0.4 is 15.5 Å². The minimum Gasteiger partial charge on any atom is -0.463 e. The molecule has 2 amide bonds. The maximum absolute atomic E-state index is 13.0. The molecular formula is C27H34N4O3. The maximum atomic E-state index is 13.0. The van der Waals surface area contributed by atoms with E-state index in [0.29, 0.717) is 17.8 Å². The van der Waals surface area contributed by atoms with Gasteiger partial charge in [0.15, 0.2) is 0 Å². The van der Waals surface area contributed by atoms with Crippen molar-refractivity contribution in [2.75, 3.05) is 44.2 Å². The van der Waals surface area contributed by atoms with E-state index in [-0.39, 0.29) is 12.6 Å². The lowest BCUT2D eigenvalue weighted by molar-refractivity contribution is -0.139. The number of carbonyl (C=O) groups excluding carboxylic acids is 2. The number of benzene rings is 2. The molecule has 0 saturated carbocycles. The highest BCUT2D eigenvalue weighted by molar-refractivity contribution is 5.95. The summed E-state index contributed by atoms with van der Waals surface area (Å²) >= 11 is 0. The highest BCUT2D eigenvalue weighted by atomic mass is 16.5. The van der Waals surface area contributed by atoms with E-state index < -0.39 is 12.0 Å². The van der Waals surface area contributed by atoms with Gasteiger partial charge in [-0.2, -0.15) is 0 Å². The number of piperazine rings is 1. The van der Waals surface area contributed by atoms with Gasteiger partial charge in [0.25, 0.3) is 0 Å². The molecule has 1 unspecified atom stereocenters. The zero-order chi connectivity index (χ0) is 24.1. The number of anilines is 1. The minimum atomic E-state index is -0.540. The van der Waals surface area contributed by atoms with E-state index in [9.17, 15) is 9.59 Å². The summed E-state index contributed by atoms with van der Waals surface area (Å²) < 4.78 is 5.40. The van der Waals surface area contributed by atoms with Crippen LogP contribution in [0.3, 0.4) is 0 Å². The molecule has 1 saturated heterocycles. The quantitative estimate of drug-likeness (QED) is 0.616. The number of aryl methyl sites for hydroxylation is 2. The zero-order valence-electron chi connectivity index (χ0n) is 20.3. The van der Waals surface area contributed by atoms with Gasteiger partial charge in [0, 0.05) is 44.1 Å². The van der Waals surface area contributed by atoms with Crippen LogP contribution in [0.2, 0.25) is 0 Å². The van der Waals surface area contributed by atoms with Crippen LogP contribution in [0.15, 0.2) is 59.8 Å². The lowest BCUT2D eigenvalue weighted by Gasteiger charge is -2.38. The summed E-state index contributed by atoms with van der Waals surface area (Å²) in [6.45, 7) is 10.2. The zero-order valence-corrected chi connectivity index (χ0v) is 20.3. The molecule has 0 aliphatic carbocycles. The lowest BCUT2D eigenvalue weighted by Crippen LogP contribution is -2.51. The topological polar surface area (TPSA) is 73.9 Å². The van der Waals surface area contributed by atoms with Crippen LogP contribution in [0.5, 0.6) is 0 Å². The summed E-state index contributed by atoms with van der Waals surface area (Å²) in [6.07, 6.45) is 0.930. The Morgan fingerprint density at radius 1 is 1.06 bits per heavy atom. The Morgan fingerprint density at radius 3 is 2.44 bits per heavy atom. The molecule has 34 heavy (non-hydrogen) atoms. The lowest BCUT2D eigenvalue weighted by atomic mass is 9.94. The van der Waals surface area contributed by atoms with E-state index in [0.717, 1.165) is 38.2 Å². The molecule has 2 heterocycles. The third-order valence-corrected chi connectivity index (χ3v) is 6.49. The van der Waals surface area contributed by atoms with Crippen molar-refractivity contribution in [3.63, 3.8) is 0 Å². The van der Waals surface area contributed by atoms with Gasteiger partial charge in [-0.05, 0) is 49.1 Å². The standard InChI is InChI=1S/C27H34N4O3/c1-4-20-9-11-21(12-10-20)25-24(26(32)34-5-2)23(28-27(33)29-25)18-30-13-15-31(16-14-30)22-8-6-7-19(3)17-22/h6-12,17,25H,4-5,13-16,18H2,1-3H3,(H2,28,29,33). The third-order valence-electron chi connectivity index (χ3n) is 6.49. The van der Waals surface area contributed by atoms with E-state index >= 15 is 0 Å². The van der Waals surface area contributed by atoms with Crippen molar-refractivity contribution in [1.82, 2.24) is 15.5 Å². The Kier molecular flexibility index (Phi) is 7.53. The first-order valence-corrected chi connectivity index (χ1v) is 12.1. The van der Waals surface area contributed by atoms with Crippen LogP contribution in [0, 0.1) is 6.92 Å². The Bertz CT molecular complexity index is 1060. The maximum Gasteiger partial charge on any atom is 0.338 e. The Labute approximate surface area is 201 Å². The monoisotopic (exact) mass is 462 g/mol. The SMILES string of the molecule is CCOC(=O)C1=C(CN2CCN(c3cccc(C)c3)CC2)NC(=O)NC1c1ccc(CC)cc1. The fourth-order valence-electron chi connectivity index (χ4n) is 4.60. The molecule has 7 nitrogen and oxygen atoms in total. The second kappa shape index (κ2) is 10.7. The number of hydrogen-bond donors (Lipinski definition) is 2. The number of carbonyl (C=O) groups is 2. The Hall–Kier alpha value is -3.32. The molecule has 2 aromatic carbocycles. The van der Waals surface area contributed by atoms with Gasteiger partial charge in [0.05, 0.1) is 18.2 Å². The summed E-state index contributed by atoms with van der Waals surface area (Å²) in [5, 5.41) is 5.82. The van der Waals surface area contributed by atoms with E-state index in [2.05, 4.69) is 58.5 Å². The van der Waals surface area contributed by atoms with E-state index in [1.807, 2.05) is 24.3 Å². The van der Waals surface area contributed by atoms with Crippen LogP contribution in [0.4, 0.5) is 10.5 Å². The van der Waals surface area contributed by atoms with Crippen LogP contribution in [-0.2, 0) is 16.0 Å². The molecule has 2 N–H and O–H groups in total. The first-order valence-electron chi connectivity index (χ1n) is 12.1. The summed E-state index contributed by atoms with van der Waals surface area (Å²) in [4.78, 5) is 30.3. The molecule has 180 valence electrons. The number of nitrogens with zero attached hydrogens (tertiary/aromatic N) is 2. The molecule has 2 aliphatic rings. The van der Waals surface area contributed by atoms with Crippen molar-refractivity contribution < 1.29 is 14.3 Å². The van der Waals surface area contributed by atoms with Gasteiger partial charge in [-0.3, -0.25) is 4.90 Å². The van der Waals surface area contributed by atoms with E-state index in [1.165, 1.54) is 16.8 Å². The first kappa shape index (κ1) is 23.8. The van der Waals surface area contributed by atoms with Gasteiger partial charge < -0.3 is 20.3 Å². The molecule has 7 heteroatoms. The van der Waals surface area contributed by atoms with Crippen molar-refractivity contribution in [3.05, 3.63) is 76.5 Å².